The lowest BCUT2D eigenvalue weighted by Crippen LogP contribution is -2.14. The summed E-state index contributed by atoms with van der Waals surface area (Å²) in [6.07, 6.45) is 2.42. The molecule has 10 heteroatoms. The summed E-state index contributed by atoms with van der Waals surface area (Å²) in [6, 6.07) is 15.1. The number of nitrogens with one attached hydrogen (secondary N) is 2. The summed E-state index contributed by atoms with van der Waals surface area (Å²) in [5.41, 5.74) is 0.917. The van der Waals surface area contributed by atoms with Crippen LogP contribution in [0.25, 0.3) is 0 Å². The highest BCUT2D eigenvalue weighted by Gasteiger charge is 2.12. The van der Waals surface area contributed by atoms with Crippen LogP contribution in [0.15, 0.2) is 65.3 Å². The molecule has 0 aliphatic heterocycles. The molecule has 1 heterocycles. The number of carbonyl (C=O) groups excluding carboxylic acids is 1. The number of methoxy groups -OCH3 is 1. The van der Waals surface area contributed by atoms with Gasteiger partial charge in [-0.15, -0.1) is 0 Å². The van der Waals surface area contributed by atoms with Crippen LogP contribution >= 0.6 is 15.9 Å². The van der Waals surface area contributed by atoms with Gasteiger partial charge in [-0.2, -0.15) is 0 Å². The molecule has 0 spiro atoms. The van der Waals surface area contributed by atoms with Gasteiger partial charge in [-0.3, -0.25) is 9.52 Å². The third-order valence-corrected chi connectivity index (χ3v) is 4.85. The molecule has 1 amide bonds. The van der Waals surface area contributed by atoms with Crippen molar-refractivity contribution in [1.29, 1.82) is 0 Å². The average molecular weight is 492 g/mol. The van der Waals surface area contributed by atoms with Crippen molar-refractivity contribution in [2.45, 2.75) is 0 Å². The monoisotopic (exact) mass is 491 g/mol. The average Bonchev–Trinajstić information content (AvgIpc) is 2.67. The zero-order valence-corrected chi connectivity index (χ0v) is 18.5. The molecule has 30 heavy (non-hydrogen) atoms. The molecule has 0 unspecified atom stereocenters. The summed E-state index contributed by atoms with van der Waals surface area (Å²) in [4.78, 5) is 16.7. The largest absolute Gasteiger partial charge is 0.495 e. The second-order valence-corrected chi connectivity index (χ2v) is 8.85. The Morgan fingerprint density at radius 3 is 2.53 bits per heavy atom. The van der Waals surface area contributed by atoms with Crippen molar-refractivity contribution in [2.24, 2.45) is 0 Å². The van der Waals surface area contributed by atoms with Crippen molar-refractivity contribution in [3.8, 4) is 17.4 Å². The Bertz CT molecular complexity index is 1170. The summed E-state index contributed by atoms with van der Waals surface area (Å²) in [5, 5.41) is 2.70. The number of amides is 1. The molecule has 0 saturated carbocycles. The molecule has 156 valence electrons. The van der Waals surface area contributed by atoms with Gasteiger partial charge in [0, 0.05) is 22.4 Å². The Hall–Kier alpha value is -3.11. The van der Waals surface area contributed by atoms with Crippen LogP contribution in [0.2, 0.25) is 0 Å². The number of aromatic nitrogens is 1. The molecule has 0 fully saturated rings. The molecule has 2 aromatic carbocycles. The van der Waals surface area contributed by atoms with Crippen molar-refractivity contribution in [2.75, 3.05) is 23.4 Å². The van der Waals surface area contributed by atoms with E-state index in [1.54, 1.807) is 36.4 Å². The zero-order valence-electron chi connectivity index (χ0n) is 16.0. The first-order valence-corrected chi connectivity index (χ1v) is 11.3. The van der Waals surface area contributed by atoms with E-state index < -0.39 is 15.9 Å². The summed E-state index contributed by atoms with van der Waals surface area (Å²) >= 11 is 3.37. The quantitative estimate of drug-likeness (QED) is 0.510. The predicted octanol–water partition coefficient (Wildman–Crippen LogP) is 4.27. The van der Waals surface area contributed by atoms with Gasteiger partial charge < -0.3 is 14.8 Å². The Morgan fingerprint density at radius 2 is 1.90 bits per heavy atom. The van der Waals surface area contributed by atoms with Crippen LogP contribution in [0, 0.1) is 0 Å². The molecule has 0 aliphatic carbocycles. The van der Waals surface area contributed by atoms with Crippen molar-refractivity contribution < 1.29 is 22.7 Å². The number of anilines is 2. The Morgan fingerprint density at radius 1 is 1.10 bits per heavy atom. The van der Waals surface area contributed by atoms with E-state index in [9.17, 15) is 13.2 Å². The lowest BCUT2D eigenvalue weighted by atomic mass is 10.2. The van der Waals surface area contributed by atoms with Crippen LogP contribution in [-0.4, -0.2) is 32.7 Å². The number of sulfonamides is 1. The standard InChI is InChI=1S/C20H18BrN3O5S/c1-28-18-8-7-15(11-17(18)24-30(2,26)27)23-20(25)13-6-9-19(22-12-13)29-16-5-3-4-14(21)10-16/h3-12,24H,1-2H3,(H,23,25). The first kappa shape index (κ1) is 21.6. The number of nitrogens with zero attached hydrogens (tertiary/aromatic N) is 1. The lowest BCUT2D eigenvalue weighted by molar-refractivity contribution is 0.102. The molecule has 0 bridgehead atoms. The van der Waals surface area contributed by atoms with Crippen molar-refractivity contribution in [1.82, 2.24) is 4.98 Å². The van der Waals surface area contributed by atoms with Gasteiger partial charge in [-0.25, -0.2) is 13.4 Å². The minimum Gasteiger partial charge on any atom is -0.495 e. The summed E-state index contributed by atoms with van der Waals surface area (Å²) in [6.45, 7) is 0. The van der Waals surface area contributed by atoms with Crippen LogP contribution in [0.3, 0.4) is 0 Å². The molecule has 2 N–H and O–H groups in total. The fourth-order valence-corrected chi connectivity index (χ4v) is 3.43. The van der Waals surface area contributed by atoms with E-state index in [1.165, 1.54) is 19.4 Å². The number of benzene rings is 2. The van der Waals surface area contributed by atoms with Crippen LogP contribution in [0.4, 0.5) is 11.4 Å². The van der Waals surface area contributed by atoms with Crippen molar-refractivity contribution in [3.05, 3.63) is 70.8 Å². The van der Waals surface area contributed by atoms with E-state index in [2.05, 4.69) is 31.0 Å². The topological polar surface area (TPSA) is 107 Å². The predicted molar refractivity (Wildman–Crippen MR) is 118 cm³/mol. The number of rotatable bonds is 7. The Balaban J connectivity index is 1.72. The third kappa shape index (κ3) is 5.94. The van der Waals surface area contributed by atoms with Gasteiger partial charge in [0.1, 0.15) is 11.5 Å². The number of hydrogen-bond acceptors (Lipinski definition) is 6. The van der Waals surface area contributed by atoms with E-state index in [-0.39, 0.29) is 5.69 Å². The third-order valence-electron chi connectivity index (χ3n) is 3.77. The first-order chi connectivity index (χ1) is 14.2. The molecule has 3 aromatic rings. The number of ether oxygens (including phenoxy) is 2. The number of carbonyl (C=O) groups is 1. The number of halogens is 1. The van der Waals surface area contributed by atoms with E-state index in [0.717, 1.165) is 10.7 Å². The maximum atomic E-state index is 12.5. The van der Waals surface area contributed by atoms with Crippen LogP contribution < -0.4 is 19.5 Å². The van der Waals surface area contributed by atoms with Gasteiger partial charge in [0.2, 0.25) is 15.9 Å². The molecule has 0 aliphatic rings. The van der Waals surface area contributed by atoms with E-state index in [0.29, 0.717) is 28.6 Å². The van der Waals surface area contributed by atoms with Gasteiger partial charge >= 0.3 is 0 Å². The lowest BCUT2D eigenvalue weighted by Gasteiger charge is -2.12. The van der Waals surface area contributed by atoms with Gasteiger partial charge in [-0.1, -0.05) is 22.0 Å². The van der Waals surface area contributed by atoms with Gasteiger partial charge in [0.05, 0.1) is 24.6 Å². The number of hydrogen-bond donors (Lipinski definition) is 2. The van der Waals surface area contributed by atoms with Gasteiger partial charge in [0.15, 0.2) is 0 Å². The molecule has 3 rings (SSSR count). The van der Waals surface area contributed by atoms with Crippen LogP contribution in [0.5, 0.6) is 17.4 Å². The van der Waals surface area contributed by atoms with Crippen LogP contribution in [-0.2, 0) is 10.0 Å². The summed E-state index contributed by atoms with van der Waals surface area (Å²) in [5.74, 6) is 0.869. The molecule has 1 aromatic heterocycles. The highest BCUT2D eigenvalue weighted by atomic mass is 79.9. The highest BCUT2D eigenvalue weighted by molar-refractivity contribution is 9.10. The Kier molecular flexibility index (Phi) is 6.58. The smallest absolute Gasteiger partial charge is 0.257 e. The molecular weight excluding hydrogens is 474 g/mol. The molecule has 0 saturated heterocycles. The molecule has 8 nitrogen and oxygen atoms in total. The molecule has 0 radical (unpaired) electrons. The van der Waals surface area contributed by atoms with Gasteiger partial charge in [-0.05, 0) is 42.5 Å². The SMILES string of the molecule is COc1ccc(NC(=O)c2ccc(Oc3cccc(Br)c3)nc2)cc1NS(C)(=O)=O. The second-order valence-electron chi connectivity index (χ2n) is 6.19. The van der Waals surface area contributed by atoms with Crippen molar-refractivity contribution in [3.63, 3.8) is 0 Å². The van der Waals surface area contributed by atoms with E-state index in [1.807, 2.05) is 12.1 Å². The van der Waals surface area contributed by atoms with Crippen molar-refractivity contribution >= 4 is 43.2 Å². The number of pyridine rings is 1. The summed E-state index contributed by atoms with van der Waals surface area (Å²) < 4.78 is 37.1. The van der Waals surface area contributed by atoms with Gasteiger partial charge in [0.25, 0.3) is 5.91 Å². The Labute approximate surface area is 182 Å². The molecular formula is C20H18BrN3O5S. The maximum absolute atomic E-state index is 12.5. The fourth-order valence-electron chi connectivity index (χ4n) is 2.49. The molecule has 0 atom stereocenters. The van der Waals surface area contributed by atoms with E-state index >= 15 is 0 Å². The van der Waals surface area contributed by atoms with Crippen LogP contribution in [0.1, 0.15) is 10.4 Å². The second kappa shape index (κ2) is 9.14. The summed E-state index contributed by atoms with van der Waals surface area (Å²) in [7, 11) is -2.09. The fraction of sp³-hybridized carbons (Fsp3) is 0.100. The minimum atomic E-state index is -3.51. The highest BCUT2D eigenvalue weighted by Crippen LogP contribution is 2.29. The normalized spacial score (nSPS) is 10.9. The first-order valence-electron chi connectivity index (χ1n) is 8.60. The zero-order chi connectivity index (χ0) is 21.7. The maximum Gasteiger partial charge on any atom is 0.257 e. The minimum absolute atomic E-state index is 0.216. The van der Waals surface area contributed by atoms with E-state index in [4.69, 9.17) is 9.47 Å².